The highest BCUT2D eigenvalue weighted by Gasteiger charge is 2.33. The molecule has 1 N–H and O–H groups in total. The molecule has 0 bridgehead atoms. The fourth-order valence-electron chi connectivity index (χ4n) is 3.80. The van der Waals surface area contributed by atoms with Crippen LogP contribution in [-0.4, -0.2) is 46.1 Å². The first-order valence-corrected chi connectivity index (χ1v) is 9.74. The van der Waals surface area contributed by atoms with E-state index >= 15 is 0 Å². The number of hydrogen-bond donors (Lipinski definition) is 1. The van der Waals surface area contributed by atoms with Gasteiger partial charge in [0.25, 0.3) is 0 Å². The number of nitrogens with one attached hydrogen (secondary N) is 1. The minimum Gasteiger partial charge on any atom is -0.342 e. The van der Waals surface area contributed by atoms with Gasteiger partial charge in [0, 0.05) is 24.8 Å². The summed E-state index contributed by atoms with van der Waals surface area (Å²) in [5.41, 5.74) is 4.22. The molecule has 7 heteroatoms. The van der Waals surface area contributed by atoms with Crippen molar-refractivity contribution in [2.45, 2.75) is 32.7 Å². The number of benzene rings is 1. The molecular formula is C19H23N5OS. The molecule has 1 unspecified atom stereocenters. The smallest absolute Gasteiger partial charge is 0.242 e. The number of carbonyl (C=O) groups is 1. The van der Waals surface area contributed by atoms with Gasteiger partial charge >= 0.3 is 0 Å². The van der Waals surface area contributed by atoms with Crippen LogP contribution in [0.25, 0.3) is 10.2 Å². The highest BCUT2D eigenvalue weighted by atomic mass is 32.1. The standard InChI is InChI=1S/C19H23N5OS/c1-12-18(13(2)22-21-12)15-8-6-10-24(15)17(25)11-23(3)19-20-14-7-4-5-9-16(14)26-19/h4-5,7,9,15H,6,8,10-11H2,1-3H3,(H,21,22). The molecule has 4 rings (SSSR count). The van der Waals surface area contributed by atoms with E-state index in [9.17, 15) is 4.79 Å². The molecule has 3 heterocycles. The molecule has 0 radical (unpaired) electrons. The Hall–Kier alpha value is -2.41. The van der Waals surface area contributed by atoms with E-state index in [0.29, 0.717) is 6.54 Å². The molecular weight excluding hydrogens is 346 g/mol. The second-order valence-corrected chi connectivity index (χ2v) is 7.92. The van der Waals surface area contributed by atoms with Crippen molar-refractivity contribution in [3.05, 3.63) is 41.2 Å². The van der Waals surface area contributed by atoms with Gasteiger partial charge in [-0.25, -0.2) is 4.98 Å². The Bertz CT molecular complexity index is 894. The maximum atomic E-state index is 13.0. The van der Waals surface area contributed by atoms with Crippen molar-refractivity contribution in [3.63, 3.8) is 0 Å². The summed E-state index contributed by atoms with van der Waals surface area (Å²) in [6.45, 7) is 5.18. The number of thiazole rings is 1. The van der Waals surface area contributed by atoms with Gasteiger partial charge in [-0.05, 0) is 38.8 Å². The summed E-state index contributed by atoms with van der Waals surface area (Å²) in [7, 11) is 1.94. The van der Waals surface area contributed by atoms with Crippen molar-refractivity contribution in [2.75, 3.05) is 25.0 Å². The normalized spacial score (nSPS) is 17.2. The van der Waals surface area contributed by atoms with Crippen LogP contribution in [0.15, 0.2) is 24.3 Å². The Morgan fingerprint density at radius 1 is 1.38 bits per heavy atom. The zero-order valence-corrected chi connectivity index (χ0v) is 16.1. The van der Waals surface area contributed by atoms with Gasteiger partial charge in [-0.2, -0.15) is 5.10 Å². The van der Waals surface area contributed by atoms with Gasteiger partial charge in [0.2, 0.25) is 5.91 Å². The van der Waals surface area contributed by atoms with Crippen molar-refractivity contribution < 1.29 is 4.79 Å². The van der Waals surface area contributed by atoms with Crippen LogP contribution in [0.5, 0.6) is 0 Å². The van der Waals surface area contributed by atoms with Gasteiger partial charge in [0.05, 0.1) is 28.5 Å². The van der Waals surface area contributed by atoms with Crippen LogP contribution in [0.4, 0.5) is 5.13 Å². The van der Waals surface area contributed by atoms with E-state index in [0.717, 1.165) is 46.1 Å². The lowest BCUT2D eigenvalue weighted by Gasteiger charge is -2.27. The lowest BCUT2D eigenvalue weighted by Crippen LogP contribution is -2.38. The second kappa shape index (κ2) is 6.72. The molecule has 1 saturated heterocycles. The number of anilines is 1. The molecule has 0 aliphatic carbocycles. The molecule has 0 saturated carbocycles. The average Bonchev–Trinajstić information content (AvgIpc) is 3.33. The van der Waals surface area contributed by atoms with Gasteiger partial charge in [-0.1, -0.05) is 23.5 Å². The Morgan fingerprint density at radius 3 is 2.92 bits per heavy atom. The number of aromatic nitrogens is 3. The number of aromatic amines is 1. The highest BCUT2D eigenvalue weighted by molar-refractivity contribution is 7.22. The van der Waals surface area contributed by atoms with Crippen molar-refractivity contribution in [2.24, 2.45) is 0 Å². The summed E-state index contributed by atoms with van der Waals surface area (Å²) in [6.07, 6.45) is 2.03. The zero-order valence-electron chi connectivity index (χ0n) is 15.3. The monoisotopic (exact) mass is 369 g/mol. The third-order valence-corrected chi connectivity index (χ3v) is 6.22. The third-order valence-electron chi connectivity index (χ3n) is 5.07. The fourth-order valence-corrected chi connectivity index (χ4v) is 4.73. The van der Waals surface area contributed by atoms with E-state index in [1.807, 2.05) is 48.9 Å². The number of aryl methyl sites for hydroxylation is 2. The molecule has 1 aliphatic rings. The Morgan fingerprint density at radius 2 is 2.19 bits per heavy atom. The Kier molecular flexibility index (Phi) is 4.40. The fraction of sp³-hybridized carbons (Fsp3) is 0.421. The SMILES string of the molecule is Cc1n[nH]c(C)c1C1CCCN1C(=O)CN(C)c1nc2ccccc2s1. The maximum Gasteiger partial charge on any atom is 0.242 e. The second-order valence-electron chi connectivity index (χ2n) is 6.91. The van der Waals surface area contributed by atoms with Crippen LogP contribution in [-0.2, 0) is 4.79 Å². The van der Waals surface area contributed by atoms with E-state index < -0.39 is 0 Å². The summed E-state index contributed by atoms with van der Waals surface area (Å²) in [5, 5.41) is 8.23. The van der Waals surface area contributed by atoms with E-state index in [2.05, 4.69) is 21.2 Å². The van der Waals surface area contributed by atoms with E-state index in [1.54, 1.807) is 11.3 Å². The van der Waals surface area contributed by atoms with Gasteiger partial charge in [-0.3, -0.25) is 9.89 Å². The summed E-state index contributed by atoms with van der Waals surface area (Å²) in [6, 6.07) is 8.20. The first-order valence-electron chi connectivity index (χ1n) is 8.92. The van der Waals surface area contributed by atoms with Gasteiger partial charge in [0.15, 0.2) is 5.13 Å². The predicted molar refractivity (Wildman–Crippen MR) is 105 cm³/mol. The van der Waals surface area contributed by atoms with Gasteiger partial charge in [-0.15, -0.1) is 0 Å². The first-order chi connectivity index (χ1) is 12.5. The molecule has 1 aromatic carbocycles. The number of amides is 1. The zero-order chi connectivity index (χ0) is 18.3. The van der Waals surface area contributed by atoms with Crippen molar-refractivity contribution in [1.82, 2.24) is 20.1 Å². The molecule has 3 aromatic rings. The summed E-state index contributed by atoms with van der Waals surface area (Å²) in [5.74, 6) is 0.147. The Balaban J connectivity index is 1.51. The van der Waals surface area contributed by atoms with E-state index in [4.69, 9.17) is 0 Å². The van der Waals surface area contributed by atoms with Crippen LogP contribution < -0.4 is 4.90 Å². The van der Waals surface area contributed by atoms with Gasteiger partial charge < -0.3 is 9.80 Å². The number of likely N-dealkylation sites (N-methyl/N-ethyl adjacent to an activating group) is 1. The molecule has 1 aliphatic heterocycles. The molecule has 136 valence electrons. The van der Waals surface area contributed by atoms with Crippen molar-refractivity contribution in [3.8, 4) is 0 Å². The topological polar surface area (TPSA) is 65.1 Å². The average molecular weight is 369 g/mol. The highest BCUT2D eigenvalue weighted by Crippen LogP contribution is 2.35. The first kappa shape index (κ1) is 17.0. The number of H-pyrrole nitrogens is 1. The predicted octanol–water partition coefficient (Wildman–Crippen LogP) is 3.44. The number of para-hydroxylation sites is 1. The molecule has 1 atom stereocenters. The molecule has 26 heavy (non-hydrogen) atoms. The third kappa shape index (κ3) is 2.96. The van der Waals surface area contributed by atoms with Crippen LogP contribution >= 0.6 is 11.3 Å². The summed E-state index contributed by atoms with van der Waals surface area (Å²) < 4.78 is 1.14. The van der Waals surface area contributed by atoms with Gasteiger partial charge in [0.1, 0.15) is 0 Å². The lowest BCUT2D eigenvalue weighted by molar-refractivity contribution is -0.130. The van der Waals surface area contributed by atoms with Crippen LogP contribution in [0.3, 0.4) is 0 Å². The van der Waals surface area contributed by atoms with E-state index in [-0.39, 0.29) is 11.9 Å². The van der Waals surface area contributed by atoms with Crippen molar-refractivity contribution >= 4 is 32.6 Å². The number of hydrogen-bond acceptors (Lipinski definition) is 5. The van der Waals surface area contributed by atoms with Crippen LogP contribution in [0.2, 0.25) is 0 Å². The number of carbonyl (C=O) groups excluding carboxylic acids is 1. The lowest BCUT2D eigenvalue weighted by atomic mass is 10.0. The molecule has 0 spiro atoms. The van der Waals surface area contributed by atoms with Crippen LogP contribution in [0, 0.1) is 13.8 Å². The molecule has 6 nitrogen and oxygen atoms in total. The molecule has 1 fully saturated rings. The number of likely N-dealkylation sites (tertiary alicyclic amines) is 1. The van der Waals surface area contributed by atoms with Crippen LogP contribution in [0.1, 0.15) is 35.8 Å². The Labute approximate surface area is 156 Å². The number of rotatable bonds is 4. The molecule has 1 amide bonds. The summed E-state index contributed by atoms with van der Waals surface area (Å²) in [4.78, 5) is 21.6. The minimum absolute atomic E-state index is 0.130. The number of fused-ring (bicyclic) bond motifs is 1. The van der Waals surface area contributed by atoms with E-state index in [1.165, 1.54) is 5.56 Å². The number of nitrogens with zero attached hydrogens (tertiary/aromatic N) is 4. The summed E-state index contributed by atoms with van der Waals surface area (Å²) >= 11 is 1.62. The maximum absolute atomic E-state index is 13.0. The van der Waals surface area contributed by atoms with Crippen molar-refractivity contribution in [1.29, 1.82) is 0 Å². The largest absolute Gasteiger partial charge is 0.342 e. The quantitative estimate of drug-likeness (QED) is 0.765. The molecule has 2 aromatic heterocycles. The minimum atomic E-state index is 0.130.